The van der Waals surface area contributed by atoms with Gasteiger partial charge >= 0.3 is 0 Å². The average Bonchev–Trinajstić information content (AvgIpc) is 2.78. The second kappa shape index (κ2) is 23.4. The van der Waals surface area contributed by atoms with Crippen LogP contribution in [0.4, 0.5) is 0 Å². The fraction of sp³-hybridized carbons (Fsp3) is 1.00. The lowest BCUT2D eigenvalue weighted by Crippen LogP contribution is -2.33. The van der Waals surface area contributed by atoms with Gasteiger partial charge in [0, 0.05) is 6.61 Å². The molecule has 0 spiro atoms. The Balaban J connectivity index is 1.63. The molecule has 1 saturated heterocycles. The predicted octanol–water partition coefficient (Wildman–Crippen LogP) is 3.20. The van der Waals surface area contributed by atoms with Crippen molar-refractivity contribution in [3.05, 3.63) is 0 Å². The van der Waals surface area contributed by atoms with Crippen molar-refractivity contribution in [2.24, 2.45) is 0 Å². The normalized spacial score (nSPS) is 15.1. The van der Waals surface area contributed by atoms with Crippen LogP contribution in [0.15, 0.2) is 0 Å². The van der Waals surface area contributed by atoms with Gasteiger partial charge in [0.05, 0.1) is 72.2 Å². The number of unbranched alkanes of at least 4 members (excludes halogenated alkanes) is 5. The third-order valence-electron chi connectivity index (χ3n) is 5.00. The van der Waals surface area contributed by atoms with E-state index in [1.807, 2.05) is 0 Å². The summed E-state index contributed by atoms with van der Waals surface area (Å²) in [5, 5.41) is 3.33. The van der Waals surface area contributed by atoms with E-state index in [1.165, 1.54) is 32.1 Å². The van der Waals surface area contributed by atoms with Crippen LogP contribution in [-0.4, -0.2) is 91.9 Å². The smallest absolute Gasteiger partial charge is 0.0704 e. The maximum atomic E-state index is 5.78. The fourth-order valence-electron chi connectivity index (χ4n) is 3.20. The molecular formula is C23H47NO6. The van der Waals surface area contributed by atoms with Gasteiger partial charge in [0.15, 0.2) is 0 Å². The van der Waals surface area contributed by atoms with Crippen LogP contribution in [0.2, 0.25) is 0 Å². The van der Waals surface area contributed by atoms with Gasteiger partial charge < -0.3 is 33.7 Å². The molecule has 1 aliphatic rings. The molecule has 0 unspecified atom stereocenters. The summed E-state index contributed by atoms with van der Waals surface area (Å²) in [5.74, 6) is 0. The minimum absolute atomic E-state index is 0.393. The number of ether oxygens (including phenoxy) is 6. The maximum absolute atomic E-state index is 5.78. The zero-order chi connectivity index (χ0) is 21.4. The second-order valence-electron chi connectivity index (χ2n) is 7.65. The molecule has 0 radical (unpaired) electrons. The molecule has 0 aromatic rings. The van der Waals surface area contributed by atoms with Gasteiger partial charge in [0.2, 0.25) is 0 Å². The van der Waals surface area contributed by atoms with E-state index in [4.69, 9.17) is 28.4 Å². The lowest BCUT2D eigenvalue weighted by atomic mass is 10.1. The number of nitrogens with one attached hydrogen (secondary N) is 1. The van der Waals surface area contributed by atoms with Gasteiger partial charge in [-0.3, -0.25) is 0 Å². The van der Waals surface area contributed by atoms with Gasteiger partial charge in [-0.2, -0.15) is 0 Å². The SMILES string of the molecule is CCCCCCCCOCCOCCOCCOCCOCCOC1CCNCC1. The highest BCUT2D eigenvalue weighted by Gasteiger charge is 2.12. The van der Waals surface area contributed by atoms with Gasteiger partial charge in [-0.1, -0.05) is 39.0 Å². The summed E-state index contributed by atoms with van der Waals surface area (Å²) in [4.78, 5) is 0. The molecule has 7 heteroatoms. The Morgan fingerprint density at radius 1 is 0.533 bits per heavy atom. The van der Waals surface area contributed by atoms with Gasteiger partial charge in [-0.25, -0.2) is 0 Å². The van der Waals surface area contributed by atoms with Crippen molar-refractivity contribution in [2.45, 2.75) is 64.4 Å². The summed E-state index contributed by atoms with van der Waals surface area (Å²) in [6.07, 6.45) is 10.4. The molecule has 1 N–H and O–H groups in total. The molecule has 0 aliphatic carbocycles. The van der Waals surface area contributed by atoms with Crippen LogP contribution in [0.5, 0.6) is 0 Å². The first-order valence-corrected chi connectivity index (χ1v) is 12.1. The highest BCUT2D eigenvalue weighted by molar-refractivity contribution is 4.67. The van der Waals surface area contributed by atoms with E-state index in [0.29, 0.717) is 72.2 Å². The summed E-state index contributed by atoms with van der Waals surface area (Å²) < 4.78 is 33.3. The van der Waals surface area contributed by atoms with Crippen LogP contribution < -0.4 is 5.32 Å². The molecule has 1 heterocycles. The molecule has 1 rings (SSSR count). The Hall–Kier alpha value is -0.280. The van der Waals surface area contributed by atoms with E-state index < -0.39 is 0 Å². The Morgan fingerprint density at radius 3 is 1.50 bits per heavy atom. The van der Waals surface area contributed by atoms with Crippen molar-refractivity contribution in [1.82, 2.24) is 5.32 Å². The molecule has 0 amide bonds. The number of hydrogen-bond acceptors (Lipinski definition) is 7. The van der Waals surface area contributed by atoms with Crippen LogP contribution in [0.25, 0.3) is 0 Å². The van der Waals surface area contributed by atoms with Crippen molar-refractivity contribution in [2.75, 3.05) is 85.8 Å². The zero-order valence-corrected chi connectivity index (χ0v) is 19.4. The predicted molar refractivity (Wildman–Crippen MR) is 119 cm³/mol. The summed E-state index contributed by atoms with van der Waals surface area (Å²) in [6, 6.07) is 0. The topological polar surface area (TPSA) is 67.4 Å². The second-order valence-corrected chi connectivity index (χ2v) is 7.65. The lowest BCUT2D eigenvalue weighted by molar-refractivity contribution is -0.0296. The molecular weight excluding hydrogens is 386 g/mol. The molecule has 0 aromatic heterocycles. The van der Waals surface area contributed by atoms with Crippen molar-refractivity contribution in [1.29, 1.82) is 0 Å². The Labute approximate surface area is 184 Å². The van der Waals surface area contributed by atoms with E-state index in [1.54, 1.807) is 0 Å². The third kappa shape index (κ3) is 19.7. The number of rotatable bonds is 23. The molecule has 7 nitrogen and oxygen atoms in total. The maximum Gasteiger partial charge on any atom is 0.0704 e. The minimum Gasteiger partial charge on any atom is -0.379 e. The quantitative estimate of drug-likeness (QED) is 0.248. The Morgan fingerprint density at radius 2 is 0.967 bits per heavy atom. The molecule has 0 bridgehead atoms. The van der Waals surface area contributed by atoms with Gasteiger partial charge in [0.1, 0.15) is 0 Å². The van der Waals surface area contributed by atoms with Gasteiger partial charge in [0.25, 0.3) is 0 Å². The van der Waals surface area contributed by atoms with Crippen molar-refractivity contribution in [3.63, 3.8) is 0 Å². The van der Waals surface area contributed by atoms with Crippen molar-refractivity contribution < 1.29 is 28.4 Å². The largest absolute Gasteiger partial charge is 0.379 e. The van der Waals surface area contributed by atoms with Crippen LogP contribution in [0, 0.1) is 0 Å². The minimum atomic E-state index is 0.393. The summed E-state index contributed by atoms with van der Waals surface area (Å²) in [7, 11) is 0. The van der Waals surface area contributed by atoms with Crippen LogP contribution in [-0.2, 0) is 28.4 Å². The first kappa shape index (κ1) is 27.8. The van der Waals surface area contributed by atoms with Crippen LogP contribution in [0.1, 0.15) is 58.3 Å². The molecule has 1 aliphatic heterocycles. The zero-order valence-electron chi connectivity index (χ0n) is 19.4. The summed E-state index contributed by atoms with van der Waals surface area (Å²) in [6.45, 7) is 11.3. The molecule has 0 aromatic carbocycles. The molecule has 180 valence electrons. The first-order chi connectivity index (χ1) is 14.9. The van der Waals surface area contributed by atoms with E-state index >= 15 is 0 Å². The van der Waals surface area contributed by atoms with Crippen molar-refractivity contribution >= 4 is 0 Å². The summed E-state index contributed by atoms with van der Waals surface area (Å²) in [5.41, 5.74) is 0. The highest BCUT2D eigenvalue weighted by atomic mass is 16.6. The first-order valence-electron chi connectivity index (χ1n) is 12.1. The molecule has 1 fully saturated rings. The van der Waals surface area contributed by atoms with Crippen LogP contribution >= 0.6 is 0 Å². The lowest BCUT2D eigenvalue weighted by Gasteiger charge is -2.22. The van der Waals surface area contributed by atoms with E-state index in [2.05, 4.69) is 12.2 Å². The number of piperidine rings is 1. The van der Waals surface area contributed by atoms with E-state index in [-0.39, 0.29) is 0 Å². The van der Waals surface area contributed by atoms with Gasteiger partial charge in [-0.15, -0.1) is 0 Å². The van der Waals surface area contributed by atoms with E-state index in [0.717, 1.165) is 39.0 Å². The molecule has 0 saturated carbocycles. The van der Waals surface area contributed by atoms with Gasteiger partial charge in [-0.05, 0) is 32.4 Å². The summed E-state index contributed by atoms with van der Waals surface area (Å²) >= 11 is 0. The highest BCUT2D eigenvalue weighted by Crippen LogP contribution is 2.06. The third-order valence-corrected chi connectivity index (χ3v) is 5.00. The standard InChI is InChI=1S/C23H47NO6/c1-2-3-4-5-6-7-12-25-13-14-26-15-16-27-17-18-28-19-20-29-21-22-30-23-8-10-24-11-9-23/h23-24H,2-22H2,1H3. The molecule has 30 heavy (non-hydrogen) atoms. The molecule has 0 atom stereocenters. The van der Waals surface area contributed by atoms with E-state index in [9.17, 15) is 0 Å². The average molecular weight is 434 g/mol. The fourth-order valence-corrected chi connectivity index (χ4v) is 3.20. The monoisotopic (exact) mass is 433 g/mol. The number of hydrogen-bond donors (Lipinski definition) is 1. The Bertz CT molecular complexity index is 329. The van der Waals surface area contributed by atoms with Crippen LogP contribution in [0.3, 0.4) is 0 Å². The Kier molecular flexibility index (Phi) is 21.6. The van der Waals surface area contributed by atoms with Crippen molar-refractivity contribution in [3.8, 4) is 0 Å².